The smallest absolute Gasteiger partial charge is 0.253 e. The Hall–Kier alpha value is -1.96. The van der Waals surface area contributed by atoms with E-state index in [1.165, 1.54) is 18.2 Å². The zero-order chi connectivity index (χ0) is 19.6. The van der Waals surface area contributed by atoms with E-state index in [4.69, 9.17) is 11.6 Å². The molecule has 2 aromatic carbocycles. The van der Waals surface area contributed by atoms with Crippen molar-refractivity contribution in [3.05, 3.63) is 64.4 Å². The lowest BCUT2D eigenvalue weighted by Crippen LogP contribution is -2.48. The third-order valence-electron chi connectivity index (χ3n) is 4.61. The first kappa shape index (κ1) is 19.8. The van der Waals surface area contributed by atoms with Gasteiger partial charge < -0.3 is 4.90 Å². The lowest BCUT2D eigenvalue weighted by atomic mass is 10.1. The molecule has 2 aromatic rings. The number of carbonyl (C=O) groups excluding carboxylic acids is 1. The van der Waals surface area contributed by atoms with Crippen LogP contribution < -0.4 is 0 Å². The predicted molar refractivity (Wildman–Crippen MR) is 102 cm³/mol. The van der Waals surface area contributed by atoms with Crippen LogP contribution >= 0.6 is 11.6 Å². The Morgan fingerprint density at radius 3 is 2.41 bits per heavy atom. The second-order valence-electron chi connectivity index (χ2n) is 6.57. The lowest BCUT2D eigenvalue weighted by molar-refractivity contribution is 0.0627. The molecule has 1 saturated heterocycles. The van der Waals surface area contributed by atoms with Gasteiger partial charge in [0.25, 0.3) is 5.91 Å². The van der Waals surface area contributed by atoms with Crippen LogP contribution in [-0.4, -0.2) is 56.6 Å². The average molecular weight is 411 g/mol. The van der Waals surface area contributed by atoms with Gasteiger partial charge >= 0.3 is 0 Å². The van der Waals surface area contributed by atoms with E-state index in [2.05, 4.69) is 0 Å². The fourth-order valence-electron chi connectivity index (χ4n) is 3.06. The minimum absolute atomic E-state index is 0.126. The van der Waals surface area contributed by atoms with Crippen molar-refractivity contribution in [3.63, 3.8) is 0 Å². The normalized spacial score (nSPS) is 15.7. The van der Waals surface area contributed by atoms with E-state index in [0.29, 0.717) is 48.9 Å². The maximum absolute atomic E-state index is 13.9. The summed E-state index contributed by atoms with van der Waals surface area (Å²) in [6.07, 6.45) is 1.11. The molecule has 1 aliphatic heterocycles. The first-order chi connectivity index (χ1) is 12.8. The molecule has 3 rings (SSSR count). The summed E-state index contributed by atoms with van der Waals surface area (Å²) in [7, 11) is -3.37. The van der Waals surface area contributed by atoms with Crippen LogP contribution in [-0.2, 0) is 16.4 Å². The molecule has 27 heavy (non-hydrogen) atoms. The highest BCUT2D eigenvalue weighted by Gasteiger charge is 2.24. The van der Waals surface area contributed by atoms with Crippen molar-refractivity contribution in [1.82, 2.24) is 9.80 Å². The van der Waals surface area contributed by atoms with Crippen molar-refractivity contribution in [2.45, 2.75) is 11.4 Å². The fourth-order valence-corrected chi connectivity index (χ4v) is 3.95. The Balaban J connectivity index is 1.65. The van der Waals surface area contributed by atoms with E-state index in [9.17, 15) is 17.6 Å². The molecule has 0 saturated carbocycles. The molecule has 5 nitrogen and oxygen atoms in total. The minimum Gasteiger partial charge on any atom is -0.336 e. The highest BCUT2D eigenvalue weighted by Crippen LogP contribution is 2.22. The van der Waals surface area contributed by atoms with E-state index >= 15 is 0 Å². The summed E-state index contributed by atoms with van der Waals surface area (Å²) in [5, 5.41) is 0.395. The summed E-state index contributed by atoms with van der Waals surface area (Å²) in [6.45, 7) is 2.52. The summed E-state index contributed by atoms with van der Waals surface area (Å²) < 4.78 is 37.3. The molecular weight excluding hydrogens is 391 g/mol. The second-order valence-corrected chi connectivity index (χ2v) is 8.99. The number of piperazine rings is 1. The zero-order valence-corrected chi connectivity index (χ0v) is 16.4. The lowest BCUT2D eigenvalue weighted by Gasteiger charge is -2.35. The first-order valence-corrected chi connectivity index (χ1v) is 10.8. The van der Waals surface area contributed by atoms with Crippen LogP contribution in [0.4, 0.5) is 4.39 Å². The van der Waals surface area contributed by atoms with Gasteiger partial charge in [-0.2, -0.15) is 0 Å². The number of hydrogen-bond donors (Lipinski definition) is 0. The van der Waals surface area contributed by atoms with Crippen LogP contribution in [0.5, 0.6) is 0 Å². The van der Waals surface area contributed by atoms with Crippen LogP contribution in [0.25, 0.3) is 0 Å². The number of nitrogens with zero attached hydrogens (tertiary/aromatic N) is 2. The first-order valence-electron chi connectivity index (χ1n) is 8.50. The Morgan fingerprint density at radius 1 is 1.11 bits per heavy atom. The van der Waals surface area contributed by atoms with E-state index in [1.807, 2.05) is 4.90 Å². The molecule has 0 bridgehead atoms. The Morgan fingerprint density at radius 2 is 1.78 bits per heavy atom. The van der Waals surface area contributed by atoms with Crippen molar-refractivity contribution in [3.8, 4) is 0 Å². The van der Waals surface area contributed by atoms with E-state index in [0.717, 1.165) is 6.26 Å². The van der Waals surface area contributed by atoms with Crippen LogP contribution in [0.15, 0.2) is 47.4 Å². The van der Waals surface area contributed by atoms with Gasteiger partial charge in [0.1, 0.15) is 5.82 Å². The van der Waals surface area contributed by atoms with E-state index < -0.39 is 9.84 Å². The molecule has 1 fully saturated rings. The number of rotatable bonds is 4. The third kappa shape index (κ3) is 4.66. The molecule has 0 unspecified atom stereocenters. The molecule has 1 aliphatic rings. The summed E-state index contributed by atoms with van der Waals surface area (Å²) in [5.41, 5.74) is 0.809. The molecule has 0 radical (unpaired) electrons. The number of sulfone groups is 1. The Kier molecular flexibility index (Phi) is 5.83. The number of benzene rings is 2. The van der Waals surface area contributed by atoms with Crippen LogP contribution in [0.3, 0.4) is 0 Å². The summed E-state index contributed by atoms with van der Waals surface area (Å²) >= 11 is 6.08. The standard InChI is InChI=1S/C19H20ClFN2O3S/c1-27(25,26)15-5-2-4-14(12-15)19(24)23-10-8-22(9-11-23)13-16-17(20)6-3-7-18(16)21/h2-7,12H,8-11,13H2,1H3. The van der Waals surface area contributed by atoms with Gasteiger partial charge in [-0.05, 0) is 30.3 Å². The Bertz CT molecular complexity index is 937. The van der Waals surface area contributed by atoms with Crippen LogP contribution in [0.1, 0.15) is 15.9 Å². The number of halogens is 2. The van der Waals surface area contributed by atoms with Crippen molar-refractivity contribution < 1.29 is 17.6 Å². The predicted octanol–water partition coefficient (Wildman–Crippen LogP) is 2.84. The summed E-state index contributed by atoms with van der Waals surface area (Å²) in [6, 6.07) is 10.7. The van der Waals surface area contributed by atoms with Gasteiger partial charge in [-0.15, -0.1) is 0 Å². The maximum Gasteiger partial charge on any atom is 0.253 e. The van der Waals surface area contributed by atoms with Gasteiger partial charge in [-0.25, -0.2) is 12.8 Å². The molecular formula is C19H20ClFN2O3S. The molecule has 0 aliphatic carbocycles. The van der Waals surface area contributed by atoms with Gasteiger partial charge in [0.15, 0.2) is 9.84 Å². The number of carbonyl (C=O) groups is 1. The molecule has 8 heteroatoms. The van der Waals surface area contributed by atoms with Crippen molar-refractivity contribution in [2.75, 3.05) is 32.4 Å². The average Bonchev–Trinajstić information content (AvgIpc) is 2.64. The molecule has 0 aromatic heterocycles. The largest absolute Gasteiger partial charge is 0.336 e. The molecule has 144 valence electrons. The molecule has 1 heterocycles. The SMILES string of the molecule is CS(=O)(=O)c1cccc(C(=O)N2CCN(Cc3c(F)cccc3Cl)CC2)c1. The zero-order valence-electron chi connectivity index (χ0n) is 14.9. The Labute approximate surface area is 163 Å². The van der Waals surface area contributed by atoms with Gasteiger partial charge in [0.2, 0.25) is 0 Å². The summed E-state index contributed by atoms with van der Waals surface area (Å²) in [5.74, 6) is -0.539. The molecule has 0 spiro atoms. The highest BCUT2D eigenvalue weighted by molar-refractivity contribution is 7.90. The fraction of sp³-hybridized carbons (Fsp3) is 0.316. The quantitative estimate of drug-likeness (QED) is 0.777. The molecule has 0 N–H and O–H groups in total. The van der Waals surface area contributed by atoms with Crippen molar-refractivity contribution in [1.29, 1.82) is 0 Å². The maximum atomic E-state index is 13.9. The van der Waals surface area contributed by atoms with Crippen molar-refractivity contribution >= 4 is 27.3 Å². The highest BCUT2D eigenvalue weighted by atomic mass is 35.5. The number of amides is 1. The monoisotopic (exact) mass is 410 g/mol. The third-order valence-corrected chi connectivity index (χ3v) is 6.08. The van der Waals surface area contributed by atoms with Gasteiger partial charge in [0.05, 0.1) is 4.90 Å². The van der Waals surface area contributed by atoms with Crippen LogP contribution in [0, 0.1) is 5.82 Å². The molecule has 0 atom stereocenters. The van der Waals surface area contributed by atoms with E-state index in [-0.39, 0.29) is 16.6 Å². The number of hydrogen-bond acceptors (Lipinski definition) is 4. The van der Waals surface area contributed by atoms with Gasteiger partial charge in [0, 0.05) is 55.1 Å². The topological polar surface area (TPSA) is 57.7 Å². The second kappa shape index (κ2) is 7.96. The van der Waals surface area contributed by atoms with Gasteiger partial charge in [-0.1, -0.05) is 23.7 Å². The minimum atomic E-state index is -3.37. The van der Waals surface area contributed by atoms with Gasteiger partial charge in [-0.3, -0.25) is 9.69 Å². The van der Waals surface area contributed by atoms with Crippen LogP contribution in [0.2, 0.25) is 5.02 Å². The van der Waals surface area contributed by atoms with E-state index in [1.54, 1.807) is 29.2 Å². The summed E-state index contributed by atoms with van der Waals surface area (Å²) in [4.78, 5) is 16.5. The molecule has 1 amide bonds. The van der Waals surface area contributed by atoms with Crippen molar-refractivity contribution in [2.24, 2.45) is 0 Å².